The fourth-order valence-corrected chi connectivity index (χ4v) is 4.60. The third kappa shape index (κ3) is 2.33. The molecule has 3 heterocycles. The maximum absolute atomic E-state index is 14.4. The second-order valence-electron chi connectivity index (χ2n) is 7.81. The second kappa shape index (κ2) is 5.53. The third-order valence-corrected chi connectivity index (χ3v) is 6.30. The van der Waals surface area contributed by atoms with Crippen LogP contribution in [0.3, 0.4) is 0 Å². The Kier molecular flexibility index (Phi) is 3.36. The van der Waals surface area contributed by atoms with Gasteiger partial charge >= 0.3 is 5.97 Å². The van der Waals surface area contributed by atoms with E-state index in [4.69, 9.17) is 10.1 Å². The van der Waals surface area contributed by atoms with Gasteiger partial charge in [0.1, 0.15) is 17.2 Å². The summed E-state index contributed by atoms with van der Waals surface area (Å²) in [6.07, 6.45) is 1.34. The summed E-state index contributed by atoms with van der Waals surface area (Å²) < 4.78 is 14.4. The molecular weight excluding hydrogens is 335 g/mol. The van der Waals surface area contributed by atoms with Crippen LogP contribution in [0.25, 0.3) is 10.9 Å². The first kappa shape index (κ1) is 15.8. The number of para-hydroxylation sites is 1. The van der Waals surface area contributed by atoms with Gasteiger partial charge in [-0.2, -0.15) is 4.98 Å². The quantitative estimate of drug-likeness (QED) is 0.908. The number of fused-ring (bicyclic) bond motifs is 2. The van der Waals surface area contributed by atoms with Crippen LogP contribution in [-0.4, -0.2) is 46.7 Å². The van der Waals surface area contributed by atoms with Crippen LogP contribution in [0.15, 0.2) is 18.2 Å². The Morgan fingerprint density at radius 1 is 1.31 bits per heavy atom. The molecule has 0 amide bonds. The van der Waals surface area contributed by atoms with Gasteiger partial charge in [0.2, 0.25) is 5.95 Å². The molecule has 3 aliphatic rings. The molecular formula is C19H21FN4O2. The minimum Gasteiger partial charge on any atom is -0.481 e. The van der Waals surface area contributed by atoms with Gasteiger partial charge < -0.3 is 14.9 Å². The van der Waals surface area contributed by atoms with E-state index in [1.54, 1.807) is 6.07 Å². The number of carbonyl (C=O) groups is 1. The van der Waals surface area contributed by atoms with Crippen LogP contribution in [-0.2, 0) is 4.79 Å². The highest BCUT2D eigenvalue weighted by Gasteiger charge is 2.56. The van der Waals surface area contributed by atoms with Crippen molar-refractivity contribution in [3.63, 3.8) is 0 Å². The van der Waals surface area contributed by atoms with E-state index >= 15 is 0 Å². The van der Waals surface area contributed by atoms with Gasteiger partial charge in [0.25, 0.3) is 0 Å². The standard InChI is InChI=1S/C19H21FN4O2/c1-10-5-6-24(10)19-21-17-11(3-2-4-15(17)20)18(22-19)23-8-13-12(7-16(25)26)14(13)9-23/h2-4,10,12-14H,5-9H2,1H3,(H,25,26)/t10-,12?,13-,14+/m0/s1. The van der Waals surface area contributed by atoms with Gasteiger partial charge in [-0.3, -0.25) is 4.79 Å². The molecule has 3 fully saturated rings. The van der Waals surface area contributed by atoms with Crippen molar-refractivity contribution >= 4 is 28.6 Å². The highest BCUT2D eigenvalue weighted by molar-refractivity contribution is 5.91. The first-order valence-electron chi connectivity index (χ1n) is 9.22. The van der Waals surface area contributed by atoms with E-state index in [9.17, 15) is 9.18 Å². The van der Waals surface area contributed by atoms with Crippen LogP contribution in [0.5, 0.6) is 0 Å². The number of nitrogens with zero attached hydrogens (tertiary/aromatic N) is 4. The molecule has 4 atom stereocenters. The highest BCUT2D eigenvalue weighted by Crippen LogP contribution is 2.54. The number of hydrogen-bond donors (Lipinski definition) is 1. The fraction of sp³-hybridized carbons (Fsp3) is 0.526. The Morgan fingerprint density at radius 3 is 2.69 bits per heavy atom. The van der Waals surface area contributed by atoms with E-state index in [0.717, 1.165) is 37.3 Å². The lowest BCUT2D eigenvalue weighted by Crippen LogP contribution is -2.46. The monoisotopic (exact) mass is 356 g/mol. The van der Waals surface area contributed by atoms with Crippen molar-refractivity contribution in [2.45, 2.75) is 25.8 Å². The van der Waals surface area contributed by atoms with Gasteiger partial charge in [0, 0.05) is 37.5 Å². The number of piperidine rings is 1. The van der Waals surface area contributed by atoms with Gasteiger partial charge in [-0.15, -0.1) is 0 Å². The fourth-order valence-electron chi connectivity index (χ4n) is 4.60. The minimum absolute atomic E-state index is 0.249. The lowest BCUT2D eigenvalue weighted by Gasteiger charge is -2.39. The molecule has 26 heavy (non-hydrogen) atoms. The molecule has 1 aromatic carbocycles. The molecule has 1 saturated carbocycles. The molecule has 1 unspecified atom stereocenters. The van der Waals surface area contributed by atoms with E-state index in [2.05, 4.69) is 21.7 Å². The number of carboxylic acid groups (broad SMARTS) is 1. The average Bonchev–Trinajstić information content (AvgIpc) is 3.03. The largest absolute Gasteiger partial charge is 0.481 e. The van der Waals surface area contributed by atoms with E-state index < -0.39 is 5.97 Å². The number of anilines is 2. The molecule has 0 radical (unpaired) electrons. The molecule has 6 nitrogen and oxygen atoms in total. The summed E-state index contributed by atoms with van der Waals surface area (Å²) in [7, 11) is 0. The molecule has 1 aliphatic carbocycles. The smallest absolute Gasteiger partial charge is 0.303 e. The summed E-state index contributed by atoms with van der Waals surface area (Å²) in [5, 5.41) is 9.74. The SMILES string of the molecule is C[C@H]1CCN1c1nc(N2C[C@@H]3C(CC(=O)O)[C@@H]3C2)c2cccc(F)c2n1. The zero-order valence-corrected chi connectivity index (χ0v) is 14.6. The second-order valence-corrected chi connectivity index (χ2v) is 7.81. The van der Waals surface area contributed by atoms with E-state index in [0.29, 0.717) is 29.3 Å². The Morgan fingerprint density at radius 2 is 2.08 bits per heavy atom. The average molecular weight is 356 g/mol. The lowest BCUT2D eigenvalue weighted by atomic mass is 10.1. The number of hydrogen-bond acceptors (Lipinski definition) is 5. The Labute approximate surface area is 150 Å². The molecule has 2 saturated heterocycles. The molecule has 1 aromatic heterocycles. The maximum atomic E-state index is 14.4. The predicted molar refractivity (Wildman–Crippen MR) is 95.9 cm³/mol. The van der Waals surface area contributed by atoms with Gasteiger partial charge in [-0.05, 0) is 43.2 Å². The summed E-state index contributed by atoms with van der Waals surface area (Å²) >= 11 is 0. The molecule has 0 spiro atoms. The number of benzene rings is 1. The van der Waals surface area contributed by atoms with Crippen molar-refractivity contribution in [1.29, 1.82) is 0 Å². The minimum atomic E-state index is -0.723. The highest BCUT2D eigenvalue weighted by atomic mass is 19.1. The Bertz CT molecular complexity index is 892. The summed E-state index contributed by atoms with van der Waals surface area (Å²) in [6.45, 7) is 4.60. The van der Waals surface area contributed by atoms with Crippen LogP contribution >= 0.6 is 0 Å². The van der Waals surface area contributed by atoms with Crippen molar-refractivity contribution in [3.8, 4) is 0 Å². The Hall–Kier alpha value is -2.44. The van der Waals surface area contributed by atoms with E-state index in [-0.39, 0.29) is 18.2 Å². The van der Waals surface area contributed by atoms with Crippen LogP contribution in [0.4, 0.5) is 16.2 Å². The number of carboxylic acids is 1. The van der Waals surface area contributed by atoms with Gasteiger partial charge in [0.15, 0.2) is 0 Å². The number of rotatable bonds is 4. The van der Waals surface area contributed by atoms with E-state index in [1.165, 1.54) is 6.07 Å². The summed E-state index contributed by atoms with van der Waals surface area (Å²) in [4.78, 5) is 24.5. The van der Waals surface area contributed by atoms with Crippen LogP contribution in [0.1, 0.15) is 19.8 Å². The maximum Gasteiger partial charge on any atom is 0.303 e. The predicted octanol–water partition coefficient (Wildman–Crippen LogP) is 2.52. The topological polar surface area (TPSA) is 69.6 Å². The van der Waals surface area contributed by atoms with Crippen LogP contribution in [0, 0.1) is 23.6 Å². The lowest BCUT2D eigenvalue weighted by molar-refractivity contribution is -0.137. The molecule has 0 bridgehead atoms. The van der Waals surface area contributed by atoms with Gasteiger partial charge in [0.05, 0.1) is 0 Å². The Balaban J connectivity index is 1.50. The number of halogens is 1. The molecule has 136 valence electrons. The van der Waals surface area contributed by atoms with Crippen molar-refractivity contribution in [2.75, 3.05) is 29.4 Å². The summed E-state index contributed by atoms with van der Waals surface area (Å²) in [5.41, 5.74) is 0.370. The number of aromatic nitrogens is 2. The summed E-state index contributed by atoms with van der Waals surface area (Å²) in [6, 6.07) is 5.38. The van der Waals surface area contributed by atoms with Crippen molar-refractivity contribution in [1.82, 2.24) is 9.97 Å². The zero-order valence-electron chi connectivity index (χ0n) is 14.6. The summed E-state index contributed by atoms with van der Waals surface area (Å²) in [5.74, 6) is 1.44. The normalized spacial score (nSPS) is 29.6. The van der Waals surface area contributed by atoms with Gasteiger partial charge in [-0.1, -0.05) is 6.07 Å². The van der Waals surface area contributed by atoms with Crippen molar-refractivity contribution < 1.29 is 14.3 Å². The van der Waals surface area contributed by atoms with Crippen LogP contribution in [0.2, 0.25) is 0 Å². The molecule has 2 aromatic rings. The molecule has 7 heteroatoms. The first-order chi connectivity index (χ1) is 12.5. The first-order valence-corrected chi connectivity index (χ1v) is 9.22. The van der Waals surface area contributed by atoms with Gasteiger partial charge in [-0.25, -0.2) is 9.37 Å². The number of aliphatic carboxylic acids is 1. The third-order valence-electron chi connectivity index (χ3n) is 6.30. The molecule has 5 rings (SSSR count). The zero-order chi connectivity index (χ0) is 18.0. The van der Waals surface area contributed by atoms with Crippen LogP contribution < -0.4 is 9.80 Å². The molecule has 2 aliphatic heterocycles. The van der Waals surface area contributed by atoms with Crippen molar-refractivity contribution in [2.24, 2.45) is 17.8 Å². The molecule has 1 N–H and O–H groups in total. The van der Waals surface area contributed by atoms with E-state index in [1.807, 2.05) is 6.07 Å². The van der Waals surface area contributed by atoms with Crippen molar-refractivity contribution in [3.05, 3.63) is 24.0 Å².